The maximum atomic E-state index is 12.5. The van der Waals surface area contributed by atoms with Gasteiger partial charge in [0, 0.05) is 30.0 Å². The summed E-state index contributed by atoms with van der Waals surface area (Å²) in [5.41, 5.74) is 2.60. The van der Waals surface area contributed by atoms with E-state index >= 15 is 0 Å². The summed E-state index contributed by atoms with van der Waals surface area (Å²) in [5, 5.41) is 6.09. The van der Waals surface area contributed by atoms with E-state index in [1.807, 2.05) is 24.3 Å². The lowest BCUT2D eigenvalue weighted by Crippen LogP contribution is -2.34. The Morgan fingerprint density at radius 3 is 2.59 bits per heavy atom. The van der Waals surface area contributed by atoms with Gasteiger partial charge < -0.3 is 15.0 Å². The van der Waals surface area contributed by atoms with Crippen molar-refractivity contribution in [3.63, 3.8) is 0 Å². The lowest BCUT2D eigenvalue weighted by atomic mass is 10.1. The second kappa shape index (κ2) is 10.8. The number of rotatable bonds is 7. The van der Waals surface area contributed by atoms with Gasteiger partial charge in [0.2, 0.25) is 0 Å². The molecule has 0 aliphatic carbocycles. The maximum Gasteiger partial charge on any atom is 0.257 e. The first-order valence-electron chi connectivity index (χ1n) is 10.4. The van der Waals surface area contributed by atoms with Gasteiger partial charge in [0.05, 0.1) is 6.61 Å². The van der Waals surface area contributed by atoms with Gasteiger partial charge in [-0.15, -0.1) is 0 Å². The molecule has 1 saturated heterocycles. The zero-order chi connectivity index (χ0) is 20.5. The van der Waals surface area contributed by atoms with E-state index < -0.39 is 0 Å². The Morgan fingerprint density at radius 2 is 1.86 bits per heavy atom. The van der Waals surface area contributed by atoms with Gasteiger partial charge in [-0.25, -0.2) is 0 Å². The molecule has 3 rings (SSSR count). The molecule has 154 valence electrons. The fraction of sp³-hybridized carbons (Fsp3) is 0.391. The van der Waals surface area contributed by atoms with Crippen LogP contribution >= 0.6 is 12.2 Å². The minimum Gasteiger partial charge on any atom is -0.494 e. The van der Waals surface area contributed by atoms with Crippen LogP contribution in [0.1, 0.15) is 49.4 Å². The van der Waals surface area contributed by atoms with Gasteiger partial charge in [0.1, 0.15) is 5.75 Å². The normalized spacial score (nSPS) is 13.6. The first-order valence-corrected chi connectivity index (χ1v) is 10.8. The van der Waals surface area contributed by atoms with Crippen LogP contribution in [0.25, 0.3) is 0 Å². The molecule has 1 heterocycles. The van der Waals surface area contributed by atoms with E-state index in [2.05, 4.69) is 34.6 Å². The molecular formula is C23H29N3O2S. The van der Waals surface area contributed by atoms with Gasteiger partial charge in [0.15, 0.2) is 5.11 Å². The molecule has 0 bridgehead atoms. The van der Waals surface area contributed by atoms with Crippen molar-refractivity contribution in [3.05, 3.63) is 54.1 Å². The summed E-state index contributed by atoms with van der Waals surface area (Å²) in [6.45, 7) is 4.99. The third kappa shape index (κ3) is 6.46. The van der Waals surface area contributed by atoms with Crippen LogP contribution in [0.3, 0.4) is 0 Å². The Hall–Kier alpha value is -2.60. The van der Waals surface area contributed by atoms with E-state index in [4.69, 9.17) is 17.0 Å². The van der Waals surface area contributed by atoms with Gasteiger partial charge >= 0.3 is 0 Å². The minimum absolute atomic E-state index is 0.256. The zero-order valence-electron chi connectivity index (χ0n) is 16.9. The Kier molecular flexibility index (Phi) is 7.87. The van der Waals surface area contributed by atoms with E-state index in [-0.39, 0.29) is 11.0 Å². The number of nitrogens with one attached hydrogen (secondary N) is 2. The van der Waals surface area contributed by atoms with Crippen molar-refractivity contribution in [2.75, 3.05) is 29.9 Å². The predicted octanol–water partition coefficient (Wildman–Crippen LogP) is 4.98. The van der Waals surface area contributed by atoms with Crippen molar-refractivity contribution in [2.45, 2.75) is 39.0 Å². The number of anilines is 2. The second-order valence-corrected chi connectivity index (χ2v) is 7.64. The average Bonchev–Trinajstić information content (AvgIpc) is 2.75. The lowest BCUT2D eigenvalue weighted by molar-refractivity contribution is 0.0977. The molecule has 2 aromatic rings. The van der Waals surface area contributed by atoms with Crippen LogP contribution in [0.2, 0.25) is 0 Å². The fourth-order valence-corrected chi connectivity index (χ4v) is 3.52. The highest BCUT2D eigenvalue weighted by atomic mass is 32.1. The Balaban J connectivity index is 1.52. The fourth-order valence-electron chi connectivity index (χ4n) is 3.31. The first-order chi connectivity index (χ1) is 14.2. The maximum absolute atomic E-state index is 12.5. The third-order valence-electron chi connectivity index (χ3n) is 4.94. The molecule has 2 aromatic carbocycles. The van der Waals surface area contributed by atoms with Crippen molar-refractivity contribution in [1.82, 2.24) is 5.32 Å². The molecule has 0 unspecified atom stereocenters. The monoisotopic (exact) mass is 411 g/mol. The van der Waals surface area contributed by atoms with Gasteiger partial charge in [-0.2, -0.15) is 0 Å². The molecule has 2 N–H and O–H groups in total. The molecule has 0 radical (unpaired) electrons. The topological polar surface area (TPSA) is 53.6 Å². The number of carbonyl (C=O) groups excluding carboxylic acids is 1. The Bertz CT molecular complexity index is 817. The number of piperidine rings is 1. The van der Waals surface area contributed by atoms with Crippen LogP contribution in [-0.4, -0.2) is 30.7 Å². The number of ether oxygens (including phenoxy) is 1. The SMILES string of the molecule is CCCCOc1cccc(C(=O)NC(=S)Nc2ccc(N3CCCCC3)cc2)c1. The van der Waals surface area contributed by atoms with E-state index in [0.717, 1.165) is 31.6 Å². The molecule has 6 heteroatoms. The highest BCUT2D eigenvalue weighted by Gasteiger charge is 2.12. The molecule has 0 spiro atoms. The van der Waals surface area contributed by atoms with Crippen molar-refractivity contribution < 1.29 is 9.53 Å². The third-order valence-corrected chi connectivity index (χ3v) is 5.14. The van der Waals surface area contributed by atoms with E-state index in [1.54, 1.807) is 12.1 Å². The smallest absolute Gasteiger partial charge is 0.257 e. The van der Waals surface area contributed by atoms with E-state index in [1.165, 1.54) is 24.9 Å². The summed E-state index contributed by atoms with van der Waals surface area (Å²) in [6.07, 6.45) is 5.87. The molecule has 0 aromatic heterocycles. The van der Waals surface area contributed by atoms with Gasteiger partial charge in [0.25, 0.3) is 5.91 Å². The molecule has 1 fully saturated rings. The van der Waals surface area contributed by atoms with Crippen LogP contribution in [0.4, 0.5) is 11.4 Å². The molecule has 1 aliphatic heterocycles. The number of unbranched alkanes of at least 4 members (excludes halogenated alkanes) is 1. The molecule has 29 heavy (non-hydrogen) atoms. The molecular weight excluding hydrogens is 382 g/mol. The molecule has 5 nitrogen and oxygen atoms in total. The molecule has 0 saturated carbocycles. The van der Waals surface area contributed by atoms with Gasteiger partial charge in [-0.1, -0.05) is 19.4 Å². The predicted molar refractivity (Wildman–Crippen MR) is 123 cm³/mol. The van der Waals surface area contributed by atoms with Crippen LogP contribution < -0.4 is 20.3 Å². The summed E-state index contributed by atoms with van der Waals surface area (Å²) in [5.74, 6) is 0.437. The van der Waals surface area contributed by atoms with E-state index in [0.29, 0.717) is 17.9 Å². The second-order valence-electron chi connectivity index (χ2n) is 7.23. The van der Waals surface area contributed by atoms with Crippen LogP contribution in [-0.2, 0) is 0 Å². The molecule has 1 aliphatic rings. The number of hydrogen-bond acceptors (Lipinski definition) is 4. The minimum atomic E-state index is -0.256. The number of nitrogens with zero attached hydrogens (tertiary/aromatic N) is 1. The quantitative estimate of drug-likeness (QED) is 0.497. The summed E-state index contributed by atoms with van der Waals surface area (Å²) in [4.78, 5) is 14.9. The Labute approximate surface area is 178 Å². The largest absolute Gasteiger partial charge is 0.494 e. The standard InChI is InChI=1S/C23H29N3O2S/c1-2-3-16-28-21-9-7-8-18(17-21)22(27)25-23(29)24-19-10-12-20(13-11-19)26-14-5-4-6-15-26/h7-13,17H,2-6,14-16H2,1H3,(H2,24,25,27,29). The summed E-state index contributed by atoms with van der Waals surface area (Å²) in [7, 11) is 0. The number of amides is 1. The van der Waals surface area contributed by atoms with Gasteiger partial charge in [-0.05, 0) is 80.4 Å². The zero-order valence-corrected chi connectivity index (χ0v) is 17.8. The molecule has 1 amide bonds. The van der Waals surface area contributed by atoms with Crippen molar-refractivity contribution >= 4 is 34.6 Å². The Morgan fingerprint density at radius 1 is 1.10 bits per heavy atom. The summed E-state index contributed by atoms with van der Waals surface area (Å²) in [6, 6.07) is 15.3. The average molecular weight is 412 g/mol. The van der Waals surface area contributed by atoms with Crippen molar-refractivity contribution in [1.29, 1.82) is 0 Å². The molecule has 0 atom stereocenters. The van der Waals surface area contributed by atoms with Crippen molar-refractivity contribution in [3.8, 4) is 5.75 Å². The number of carbonyl (C=O) groups is 1. The number of thiocarbonyl (C=S) groups is 1. The van der Waals surface area contributed by atoms with Crippen LogP contribution in [0, 0.1) is 0 Å². The van der Waals surface area contributed by atoms with Crippen LogP contribution in [0.5, 0.6) is 5.75 Å². The van der Waals surface area contributed by atoms with Gasteiger partial charge in [-0.3, -0.25) is 10.1 Å². The highest BCUT2D eigenvalue weighted by Crippen LogP contribution is 2.22. The lowest BCUT2D eigenvalue weighted by Gasteiger charge is -2.28. The highest BCUT2D eigenvalue weighted by molar-refractivity contribution is 7.80. The van der Waals surface area contributed by atoms with Crippen LogP contribution in [0.15, 0.2) is 48.5 Å². The summed E-state index contributed by atoms with van der Waals surface area (Å²) >= 11 is 5.30. The first kappa shape index (κ1) is 21.1. The number of hydrogen-bond donors (Lipinski definition) is 2. The van der Waals surface area contributed by atoms with Crippen molar-refractivity contribution in [2.24, 2.45) is 0 Å². The summed E-state index contributed by atoms with van der Waals surface area (Å²) < 4.78 is 5.67. The van der Waals surface area contributed by atoms with E-state index in [9.17, 15) is 4.79 Å². The number of benzene rings is 2.